The summed E-state index contributed by atoms with van der Waals surface area (Å²) in [6.07, 6.45) is 4.19. The van der Waals surface area contributed by atoms with Gasteiger partial charge in [-0.3, -0.25) is 4.79 Å². The maximum absolute atomic E-state index is 12.1. The van der Waals surface area contributed by atoms with Crippen molar-refractivity contribution in [3.8, 4) is 0 Å². The van der Waals surface area contributed by atoms with Crippen molar-refractivity contribution < 1.29 is 4.79 Å². The maximum Gasteiger partial charge on any atom is 0.251 e. The predicted molar refractivity (Wildman–Crippen MR) is 89.9 cm³/mol. The first-order valence-electron chi connectivity index (χ1n) is 7.24. The lowest BCUT2D eigenvalue weighted by Gasteiger charge is -2.12. The molecule has 0 aliphatic rings. The number of anilines is 1. The number of aryl methyl sites for hydroxylation is 1. The SMILES string of the molecule is CCCNc1ccc(C(=O)NCCC(C)SC)cc1C. The van der Waals surface area contributed by atoms with Gasteiger partial charge in [-0.2, -0.15) is 11.8 Å². The Kier molecular flexibility index (Phi) is 7.52. The van der Waals surface area contributed by atoms with Gasteiger partial charge in [0.1, 0.15) is 0 Å². The smallest absolute Gasteiger partial charge is 0.251 e. The van der Waals surface area contributed by atoms with Gasteiger partial charge < -0.3 is 10.6 Å². The molecule has 0 aromatic heterocycles. The van der Waals surface area contributed by atoms with Crippen molar-refractivity contribution in [1.82, 2.24) is 5.32 Å². The molecule has 0 heterocycles. The molecule has 0 aliphatic carbocycles. The first kappa shape index (κ1) is 16.9. The average Bonchev–Trinajstić information content (AvgIpc) is 2.45. The van der Waals surface area contributed by atoms with E-state index in [9.17, 15) is 4.79 Å². The van der Waals surface area contributed by atoms with E-state index < -0.39 is 0 Å². The van der Waals surface area contributed by atoms with Gasteiger partial charge in [0.25, 0.3) is 5.91 Å². The van der Waals surface area contributed by atoms with Gasteiger partial charge in [0, 0.05) is 29.6 Å². The molecule has 0 radical (unpaired) electrons. The van der Waals surface area contributed by atoms with E-state index >= 15 is 0 Å². The van der Waals surface area contributed by atoms with E-state index in [-0.39, 0.29) is 5.91 Å². The Morgan fingerprint density at radius 1 is 1.35 bits per heavy atom. The fraction of sp³-hybridized carbons (Fsp3) is 0.562. The number of thioether (sulfide) groups is 1. The molecule has 0 saturated carbocycles. The summed E-state index contributed by atoms with van der Waals surface area (Å²) in [7, 11) is 0. The molecule has 1 rings (SSSR count). The van der Waals surface area contributed by atoms with Crippen LogP contribution in [-0.4, -0.2) is 30.5 Å². The minimum atomic E-state index is 0.0171. The average molecular weight is 294 g/mol. The van der Waals surface area contributed by atoms with E-state index in [1.165, 1.54) is 0 Å². The standard InChI is InChI=1S/C16H26N2OS/c1-5-9-17-15-7-6-14(11-12(15)2)16(19)18-10-8-13(3)20-4/h6-7,11,13,17H,5,8-10H2,1-4H3,(H,18,19). The second-order valence-electron chi connectivity index (χ2n) is 5.05. The lowest BCUT2D eigenvalue weighted by atomic mass is 10.1. The van der Waals surface area contributed by atoms with Crippen molar-refractivity contribution >= 4 is 23.4 Å². The normalized spacial score (nSPS) is 12.0. The van der Waals surface area contributed by atoms with Crippen LogP contribution in [0.4, 0.5) is 5.69 Å². The van der Waals surface area contributed by atoms with Crippen LogP contribution in [-0.2, 0) is 0 Å². The van der Waals surface area contributed by atoms with Gasteiger partial charge in [-0.25, -0.2) is 0 Å². The monoisotopic (exact) mass is 294 g/mol. The molecule has 1 atom stereocenters. The van der Waals surface area contributed by atoms with Crippen molar-refractivity contribution in [2.45, 2.75) is 38.9 Å². The fourth-order valence-electron chi connectivity index (χ4n) is 1.87. The third-order valence-corrected chi connectivity index (χ3v) is 4.33. The summed E-state index contributed by atoms with van der Waals surface area (Å²) in [5, 5.41) is 6.92. The molecule has 0 spiro atoms. The molecule has 3 nitrogen and oxygen atoms in total. The van der Waals surface area contributed by atoms with Crippen LogP contribution in [0.5, 0.6) is 0 Å². The van der Waals surface area contributed by atoms with Crippen molar-refractivity contribution in [2.75, 3.05) is 24.7 Å². The summed E-state index contributed by atoms with van der Waals surface area (Å²) in [6.45, 7) is 8.04. The highest BCUT2D eigenvalue weighted by Gasteiger charge is 2.08. The number of benzene rings is 1. The number of hydrogen-bond donors (Lipinski definition) is 2. The molecule has 1 amide bonds. The van der Waals surface area contributed by atoms with E-state index in [0.717, 1.165) is 42.7 Å². The zero-order chi connectivity index (χ0) is 15.0. The predicted octanol–water partition coefficient (Wildman–Crippen LogP) is 3.69. The summed E-state index contributed by atoms with van der Waals surface area (Å²) in [5.74, 6) is 0.0171. The van der Waals surface area contributed by atoms with Crippen molar-refractivity contribution in [2.24, 2.45) is 0 Å². The second-order valence-corrected chi connectivity index (χ2v) is 6.32. The summed E-state index contributed by atoms with van der Waals surface area (Å²) >= 11 is 1.82. The highest BCUT2D eigenvalue weighted by atomic mass is 32.2. The van der Waals surface area contributed by atoms with Crippen LogP contribution in [0.15, 0.2) is 18.2 Å². The molecule has 20 heavy (non-hydrogen) atoms. The number of amides is 1. The zero-order valence-corrected chi connectivity index (χ0v) is 13.8. The molecule has 4 heteroatoms. The Bertz CT molecular complexity index is 434. The molecule has 0 fully saturated rings. The molecular formula is C16H26N2OS. The van der Waals surface area contributed by atoms with Gasteiger partial charge in [0.15, 0.2) is 0 Å². The lowest BCUT2D eigenvalue weighted by Crippen LogP contribution is -2.26. The van der Waals surface area contributed by atoms with Crippen LogP contribution in [0.3, 0.4) is 0 Å². The van der Waals surface area contributed by atoms with Crippen LogP contribution in [0.25, 0.3) is 0 Å². The van der Waals surface area contributed by atoms with Gasteiger partial charge in [-0.15, -0.1) is 0 Å². The minimum absolute atomic E-state index is 0.0171. The molecule has 0 aliphatic heterocycles. The topological polar surface area (TPSA) is 41.1 Å². The quantitative estimate of drug-likeness (QED) is 0.768. The second kappa shape index (κ2) is 8.90. The van der Waals surface area contributed by atoms with Crippen LogP contribution in [0, 0.1) is 6.92 Å². The van der Waals surface area contributed by atoms with Gasteiger partial charge in [-0.1, -0.05) is 13.8 Å². The Hall–Kier alpha value is -1.16. The zero-order valence-electron chi connectivity index (χ0n) is 13.0. The molecule has 112 valence electrons. The van der Waals surface area contributed by atoms with E-state index in [1.54, 1.807) is 0 Å². The third kappa shape index (κ3) is 5.45. The minimum Gasteiger partial charge on any atom is -0.385 e. The highest BCUT2D eigenvalue weighted by molar-refractivity contribution is 7.99. The van der Waals surface area contributed by atoms with Crippen molar-refractivity contribution in [3.05, 3.63) is 29.3 Å². The van der Waals surface area contributed by atoms with E-state index in [2.05, 4.69) is 30.7 Å². The Morgan fingerprint density at radius 3 is 2.70 bits per heavy atom. The molecule has 2 N–H and O–H groups in total. The Labute approximate surface area is 126 Å². The number of hydrogen-bond acceptors (Lipinski definition) is 3. The van der Waals surface area contributed by atoms with Crippen LogP contribution < -0.4 is 10.6 Å². The van der Waals surface area contributed by atoms with E-state index in [0.29, 0.717) is 5.25 Å². The third-order valence-electron chi connectivity index (χ3n) is 3.29. The van der Waals surface area contributed by atoms with Gasteiger partial charge in [0.05, 0.1) is 0 Å². The first-order valence-corrected chi connectivity index (χ1v) is 8.52. The summed E-state index contributed by atoms with van der Waals surface area (Å²) in [4.78, 5) is 12.1. The molecule has 0 saturated heterocycles. The lowest BCUT2D eigenvalue weighted by molar-refractivity contribution is 0.0953. The summed E-state index contributed by atoms with van der Waals surface area (Å²) in [6, 6.07) is 5.83. The largest absolute Gasteiger partial charge is 0.385 e. The van der Waals surface area contributed by atoms with Gasteiger partial charge in [0.2, 0.25) is 0 Å². The molecule has 0 bridgehead atoms. The van der Waals surface area contributed by atoms with Crippen LogP contribution in [0.2, 0.25) is 0 Å². The molecule has 1 unspecified atom stereocenters. The summed E-state index contributed by atoms with van der Waals surface area (Å²) in [5.41, 5.74) is 2.96. The molecule has 1 aromatic rings. The highest BCUT2D eigenvalue weighted by Crippen LogP contribution is 2.16. The Morgan fingerprint density at radius 2 is 2.10 bits per heavy atom. The van der Waals surface area contributed by atoms with Gasteiger partial charge in [-0.05, 0) is 49.8 Å². The first-order chi connectivity index (χ1) is 9.58. The van der Waals surface area contributed by atoms with E-state index in [1.807, 2.05) is 36.9 Å². The Balaban J connectivity index is 2.54. The van der Waals surface area contributed by atoms with Gasteiger partial charge >= 0.3 is 0 Å². The number of nitrogens with one attached hydrogen (secondary N) is 2. The number of rotatable bonds is 8. The molecular weight excluding hydrogens is 268 g/mol. The van der Waals surface area contributed by atoms with E-state index in [4.69, 9.17) is 0 Å². The van der Waals surface area contributed by atoms with Crippen molar-refractivity contribution in [3.63, 3.8) is 0 Å². The summed E-state index contributed by atoms with van der Waals surface area (Å²) < 4.78 is 0. The van der Waals surface area contributed by atoms with Crippen LogP contribution in [0.1, 0.15) is 42.6 Å². The molecule has 1 aromatic carbocycles. The van der Waals surface area contributed by atoms with Crippen LogP contribution >= 0.6 is 11.8 Å². The fourth-order valence-corrected chi connectivity index (χ4v) is 2.23. The number of carbonyl (C=O) groups is 1. The maximum atomic E-state index is 12.1. The van der Waals surface area contributed by atoms with Crippen molar-refractivity contribution in [1.29, 1.82) is 0 Å². The number of carbonyl (C=O) groups excluding carboxylic acids is 1.